The zero-order valence-corrected chi connectivity index (χ0v) is 14.8. The van der Waals surface area contributed by atoms with E-state index in [2.05, 4.69) is 10.3 Å². The van der Waals surface area contributed by atoms with Crippen molar-refractivity contribution in [2.75, 3.05) is 20.1 Å². The predicted molar refractivity (Wildman–Crippen MR) is 90.4 cm³/mol. The van der Waals surface area contributed by atoms with Crippen LogP contribution in [-0.2, 0) is 16.0 Å². The molecule has 7 nitrogen and oxygen atoms in total. The average molecular weight is 337 g/mol. The molecule has 0 aromatic carbocycles. The number of hydrogen-bond acceptors (Lipinski definition) is 5. The van der Waals surface area contributed by atoms with Gasteiger partial charge in [-0.05, 0) is 39.3 Å². The molecule has 0 spiro atoms. The van der Waals surface area contributed by atoms with Gasteiger partial charge < -0.3 is 20.1 Å². The molecule has 0 fully saturated rings. The molecule has 0 saturated heterocycles. The third-order valence-electron chi connectivity index (χ3n) is 3.11. The number of carbonyl (C=O) groups excluding carboxylic acids is 2. The highest BCUT2D eigenvalue weighted by atomic mass is 16.6. The number of nitrogens with one attached hydrogen (secondary N) is 1. The second-order valence-electron chi connectivity index (χ2n) is 6.63. The van der Waals surface area contributed by atoms with Gasteiger partial charge >= 0.3 is 6.09 Å². The van der Waals surface area contributed by atoms with Crippen LogP contribution in [0, 0.1) is 0 Å². The van der Waals surface area contributed by atoms with Crippen molar-refractivity contribution in [1.29, 1.82) is 0 Å². The number of nitrogens with zero attached hydrogens (tertiary/aromatic N) is 2. The van der Waals surface area contributed by atoms with Gasteiger partial charge in [0.1, 0.15) is 5.60 Å². The summed E-state index contributed by atoms with van der Waals surface area (Å²) in [5, 5.41) is 12.4. The van der Waals surface area contributed by atoms with Crippen molar-refractivity contribution in [2.24, 2.45) is 0 Å². The predicted octanol–water partition coefficient (Wildman–Crippen LogP) is 1.36. The monoisotopic (exact) mass is 337 g/mol. The van der Waals surface area contributed by atoms with Gasteiger partial charge in [0.15, 0.2) is 0 Å². The summed E-state index contributed by atoms with van der Waals surface area (Å²) < 4.78 is 5.08. The number of amides is 2. The summed E-state index contributed by atoms with van der Waals surface area (Å²) in [4.78, 5) is 29.2. The fraction of sp³-hybridized carbons (Fsp3) is 0.588. The number of hydrogen-bond donors (Lipinski definition) is 2. The van der Waals surface area contributed by atoms with E-state index in [1.807, 2.05) is 18.2 Å². The highest BCUT2D eigenvalue weighted by Gasteiger charge is 2.18. The Morgan fingerprint density at radius 3 is 2.67 bits per heavy atom. The lowest BCUT2D eigenvalue weighted by molar-refractivity contribution is -0.131. The van der Waals surface area contributed by atoms with E-state index in [9.17, 15) is 14.7 Å². The Labute approximate surface area is 143 Å². The molecule has 0 bridgehead atoms. The van der Waals surface area contributed by atoms with Crippen LogP contribution in [0.2, 0.25) is 0 Å². The van der Waals surface area contributed by atoms with Crippen molar-refractivity contribution in [3.8, 4) is 0 Å². The van der Waals surface area contributed by atoms with E-state index in [0.29, 0.717) is 12.8 Å². The summed E-state index contributed by atoms with van der Waals surface area (Å²) in [7, 11) is 1.62. The minimum atomic E-state index is -0.860. The van der Waals surface area contributed by atoms with Crippen molar-refractivity contribution in [1.82, 2.24) is 15.2 Å². The molecule has 1 atom stereocenters. The summed E-state index contributed by atoms with van der Waals surface area (Å²) in [5.41, 5.74) is 0.263. The lowest BCUT2D eigenvalue weighted by Crippen LogP contribution is -2.42. The highest BCUT2D eigenvalue weighted by Crippen LogP contribution is 2.06. The molecule has 0 unspecified atom stereocenters. The molecule has 1 heterocycles. The van der Waals surface area contributed by atoms with E-state index in [4.69, 9.17) is 4.74 Å². The number of aliphatic hydroxyl groups excluding tert-OH is 1. The number of aromatic nitrogens is 1. The second kappa shape index (κ2) is 9.22. The van der Waals surface area contributed by atoms with Gasteiger partial charge in [-0.1, -0.05) is 6.07 Å². The van der Waals surface area contributed by atoms with Crippen molar-refractivity contribution >= 4 is 12.0 Å². The van der Waals surface area contributed by atoms with E-state index >= 15 is 0 Å². The first-order valence-corrected chi connectivity index (χ1v) is 7.96. The fourth-order valence-electron chi connectivity index (χ4n) is 1.97. The summed E-state index contributed by atoms with van der Waals surface area (Å²) in [6, 6.07) is 5.57. The van der Waals surface area contributed by atoms with Gasteiger partial charge in [0, 0.05) is 38.4 Å². The van der Waals surface area contributed by atoms with Crippen LogP contribution in [0.1, 0.15) is 32.9 Å². The zero-order chi connectivity index (χ0) is 18.2. The molecule has 1 aromatic heterocycles. The van der Waals surface area contributed by atoms with E-state index in [0.717, 1.165) is 5.69 Å². The summed E-state index contributed by atoms with van der Waals surface area (Å²) >= 11 is 0. The first kappa shape index (κ1) is 19.9. The normalized spacial score (nSPS) is 12.4. The van der Waals surface area contributed by atoms with Crippen LogP contribution < -0.4 is 5.32 Å². The largest absolute Gasteiger partial charge is 0.444 e. The molecule has 24 heavy (non-hydrogen) atoms. The number of likely N-dealkylation sites (N-methyl/N-ethyl adjacent to an activating group) is 1. The van der Waals surface area contributed by atoms with E-state index in [1.165, 1.54) is 4.90 Å². The Morgan fingerprint density at radius 2 is 2.08 bits per heavy atom. The number of carbonyl (C=O) groups is 2. The van der Waals surface area contributed by atoms with Gasteiger partial charge in [0.05, 0.1) is 6.10 Å². The topological polar surface area (TPSA) is 91.8 Å². The molecular formula is C17H27N3O4. The van der Waals surface area contributed by atoms with Crippen molar-refractivity contribution in [3.05, 3.63) is 30.1 Å². The number of rotatable bonds is 7. The molecule has 1 rings (SSSR count). The quantitative estimate of drug-likeness (QED) is 0.784. The maximum Gasteiger partial charge on any atom is 0.407 e. The van der Waals surface area contributed by atoms with E-state index in [-0.39, 0.29) is 19.0 Å². The smallest absolute Gasteiger partial charge is 0.407 e. The first-order valence-electron chi connectivity index (χ1n) is 7.96. The van der Waals surface area contributed by atoms with Crippen LogP contribution in [0.4, 0.5) is 4.79 Å². The van der Waals surface area contributed by atoms with Gasteiger partial charge in [0.2, 0.25) is 5.91 Å². The van der Waals surface area contributed by atoms with Gasteiger partial charge in [0.25, 0.3) is 0 Å². The Balaban J connectivity index is 2.28. The van der Waals surface area contributed by atoms with Crippen LogP contribution >= 0.6 is 0 Å². The molecule has 2 N–H and O–H groups in total. The number of aliphatic hydroxyl groups is 1. The number of aryl methyl sites for hydroxylation is 1. The molecule has 0 aliphatic carbocycles. The Kier molecular flexibility index (Phi) is 7.64. The molecule has 0 aliphatic rings. The number of alkyl carbamates (subject to hydrolysis) is 1. The maximum absolute atomic E-state index is 12.1. The van der Waals surface area contributed by atoms with Crippen LogP contribution in [0.3, 0.4) is 0 Å². The molecule has 0 aliphatic heterocycles. The van der Waals surface area contributed by atoms with Crippen molar-refractivity contribution < 1.29 is 19.4 Å². The first-order chi connectivity index (χ1) is 11.2. The van der Waals surface area contributed by atoms with E-state index in [1.54, 1.807) is 34.0 Å². The minimum absolute atomic E-state index is 0.0206. The molecule has 0 radical (unpaired) electrons. The van der Waals surface area contributed by atoms with Crippen LogP contribution in [0.5, 0.6) is 0 Å². The average Bonchev–Trinajstić information content (AvgIpc) is 2.50. The molecule has 7 heteroatoms. The van der Waals surface area contributed by atoms with Gasteiger partial charge in [-0.3, -0.25) is 9.78 Å². The molecule has 0 saturated carbocycles. The van der Waals surface area contributed by atoms with Crippen LogP contribution in [0.25, 0.3) is 0 Å². The molecular weight excluding hydrogens is 310 g/mol. The molecule has 134 valence electrons. The van der Waals surface area contributed by atoms with Gasteiger partial charge in [-0.25, -0.2) is 4.79 Å². The van der Waals surface area contributed by atoms with Crippen LogP contribution in [-0.4, -0.2) is 58.8 Å². The summed E-state index contributed by atoms with van der Waals surface area (Å²) in [6.07, 6.45) is 1.11. The minimum Gasteiger partial charge on any atom is -0.444 e. The van der Waals surface area contributed by atoms with Crippen LogP contribution in [0.15, 0.2) is 24.4 Å². The molecule has 1 aromatic rings. The Morgan fingerprint density at radius 1 is 1.38 bits per heavy atom. The zero-order valence-electron chi connectivity index (χ0n) is 14.8. The Bertz CT molecular complexity index is 528. The lowest BCUT2D eigenvalue weighted by atomic mass is 10.2. The Hall–Kier alpha value is -2.15. The molecule has 2 amide bonds. The van der Waals surface area contributed by atoms with Gasteiger partial charge in [-0.2, -0.15) is 0 Å². The van der Waals surface area contributed by atoms with Gasteiger partial charge in [-0.15, -0.1) is 0 Å². The van der Waals surface area contributed by atoms with E-state index < -0.39 is 17.8 Å². The lowest BCUT2D eigenvalue weighted by Gasteiger charge is -2.23. The van der Waals surface area contributed by atoms with Crippen molar-refractivity contribution in [3.63, 3.8) is 0 Å². The highest BCUT2D eigenvalue weighted by molar-refractivity contribution is 5.76. The number of ether oxygens (including phenoxy) is 1. The third-order valence-corrected chi connectivity index (χ3v) is 3.11. The standard InChI is InChI=1S/C17H27N3O4/c1-17(2,3)24-16(23)19-11-14(21)12-20(4)15(22)9-8-13-7-5-6-10-18-13/h5-7,10,14,21H,8-9,11-12H2,1-4H3,(H,19,23)/t14-/m0/s1. The summed E-state index contributed by atoms with van der Waals surface area (Å²) in [6.45, 7) is 5.44. The fourth-order valence-corrected chi connectivity index (χ4v) is 1.97. The third kappa shape index (κ3) is 8.47. The second-order valence-corrected chi connectivity index (χ2v) is 6.63. The summed E-state index contributed by atoms with van der Waals surface area (Å²) in [5.74, 6) is -0.0861. The SMILES string of the molecule is CN(C[C@@H](O)CNC(=O)OC(C)(C)C)C(=O)CCc1ccccn1. The van der Waals surface area contributed by atoms with Crippen molar-refractivity contribution in [2.45, 2.75) is 45.3 Å². The maximum atomic E-state index is 12.1. The number of pyridine rings is 1.